The van der Waals surface area contributed by atoms with Crippen LogP contribution in [0.3, 0.4) is 0 Å². The standard InChI is InChI=1S/C27H41FO3Si/c1-11-30-25(26(2,3)4)23-16-19(18-31-32(9,10)27(5,6)7)12-14-21(23)22-17-20(29-8)13-15-24(22)28/h12-17,25H,11,18H2,1-10H3/t25-/m1/s1. The summed E-state index contributed by atoms with van der Waals surface area (Å²) in [7, 11) is -0.296. The summed E-state index contributed by atoms with van der Waals surface area (Å²) in [5.74, 6) is 0.350. The van der Waals surface area contributed by atoms with Crippen LogP contribution in [-0.4, -0.2) is 22.0 Å². The van der Waals surface area contributed by atoms with Gasteiger partial charge in [-0.2, -0.15) is 0 Å². The van der Waals surface area contributed by atoms with E-state index in [1.165, 1.54) is 6.07 Å². The van der Waals surface area contributed by atoms with Gasteiger partial charge in [0.25, 0.3) is 0 Å². The minimum Gasteiger partial charge on any atom is -0.497 e. The molecule has 2 aromatic rings. The summed E-state index contributed by atoms with van der Waals surface area (Å²) in [5, 5.41) is 0.138. The van der Waals surface area contributed by atoms with Crippen LogP contribution in [0.4, 0.5) is 4.39 Å². The highest BCUT2D eigenvalue weighted by molar-refractivity contribution is 6.74. The molecule has 2 rings (SSSR count). The summed E-state index contributed by atoms with van der Waals surface area (Å²) < 4.78 is 33.0. The Morgan fingerprint density at radius 2 is 1.59 bits per heavy atom. The van der Waals surface area contributed by atoms with Crippen molar-refractivity contribution < 1.29 is 18.3 Å². The highest BCUT2D eigenvalue weighted by Gasteiger charge is 2.37. The Kier molecular flexibility index (Phi) is 8.35. The molecular formula is C27H41FO3Si. The van der Waals surface area contributed by atoms with E-state index in [1.807, 2.05) is 19.1 Å². The summed E-state index contributed by atoms with van der Waals surface area (Å²) in [5.41, 5.74) is 3.23. The summed E-state index contributed by atoms with van der Waals surface area (Å²) >= 11 is 0. The normalized spacial score (nSPS) is 13.8. The molecule has 5 heteroatoms. The fourth-order valence-corrected chi connectivity index (χ4v) is 4.42. The number of rotatable bonds is 8. The van der Waals surface area contributed by atoms with Gasteiger partial charge in [-0.15, -0.1) is 0 Å². The molecule has 178 valence electrons. The molecule has 0 saturated heterocycles. The molecule has 0 radical (unpaired) electrons. The summed E-state index contributed by atoms with van der Waals surface area (Å²) in [6.07, 6.45) is -0.194. The van der Waals surface area contributed by atoms with Crippen LogP contribution in [0, 0.1) is 11.2 Å². The van der Waals surface area contributed by atoms with Crippen LogP contribution in [0.1, 0.15) is 65.7 Å². The van der Waals surface area contributed by atoms with Crippen molar-refractivity contribution in [1.82, 2.24) is 0 Å². The highest BCUT2D eigenvalue weighted by atomic mass is 28.4. The molecule has 0 amide bonds. The first-order valence-electron chi connectivity index (χ1n) is 11.4. The molecular weight excluding hydrogens is 419 g/mol. The van der Waals surface area contributed by atoms with E-state index in [2.05, 4.69) is 60.7 Å². The molecule has 32 heavy (non-hydrogen) atoms. The Hall–Kier alpha value is -1.69. The summed E-state index contributed by atoms with van der Waals surface area (Å²) in [4.78, 5) is 0. The molecule has 0 N–H and O–H groups in total. The van der Waals surface area contributed by atoms with Crippen LogP contribution in [0.15, 0.2) is 36.4 Å². The SMILES string of the molecule is CCO[C@H](c1cc(CO[Si](C)(C)C(C)(C)C)ccc1-c1cc(OC)ccc1F)C(C)(C)C. The number of halogens is 1. The van der Waals surface area contributed by atoms with Crippen molar-refractivity contribution in [3.8, 4) is 16.9 Å². The lowest BCUT2D eigenvalue weighted by Gasteiger charge is -2.36. The minimum atomic E-state index is -1.89. The average Bonchev–Trinajstić information content (AvgIpc) is 2.69. The van der Waals surface area contributed by atoms with Gasteiger partial charge in [-0.05, 0) is 65.4 Å². The van der Waals surface area contributed by atoms with E-state index in [-0.39, 0.29) is 22.4 Å². The van der Waals surface area contributed by atoms with E-state index in [1.54, 1.807) is 19.2 Å². The van der Waals surface area contributed by atoms with E-state index in [9.17, 15) is 4.39 Å². The van der Waals surface area contributed by atoms with Gasteiger partial charge < -0.3 is 13.9 Å². The van der Waals surface area contributed by atoms with E-state index in [0.29, 0.717) is 24.5 Å². The third-order valence-electron chi connectivity index (χ3n) is 6.39. The Bertz CT molecular complexity index is 910. The largest absolute Gasteiger partial charge is 0.497 e. The fourth-order valence-electron chi connectivity index (χ4n) is 3.46. The number of ether oxygens (including phenoxy) is 2. The van der Waals surface area contributed by atoms with E-state index >= 15 is 0 Å². The molecule has 0 aliphatic rings. The zero-order valence-electron chi connectivity index (χ0n) is 21.6. The second-order valence-electron chi connectivity index (χ2n) is 11.0. The van der Waals surface area contributed by atoms with Crippen molar-refractivity contribution in [3.05, 3.63) is 53.3 Å². The monoisotopic (exact) mass is 460 g/mol. The zero-order chi connectivity index (χ0) is 24.3. The number of hydrogen-bond acceptors (Lipinski definition) is 3. The first-order valence-corrected chi connectivity index (χ1v) is 14.3. The molecule has 0 unspecified atom stereocenters. The zero-order valence-corrected chi connectivity index (χ0v) is 22.6. The lowest BCUT2D eigenvalue weighted by molar-refractivity contribution is -0.0129. The molecule has 0 spiro atoms. The van der Waals surface area contributed by atoms with Crippen LogP contribution < -0.4 is 4.74 Å². The van der Waals surface area contributed by atoms with Crippen molar-refractivity contribution >= 4 is 8.32 Å². The predicted octanol–water partition coefficient (Wildman–Crippen LogP) is 8.15. The summed E-state index contributed by atoms with van der Waals surface area (Å²) in [6.45, 7) is 20.8. The molecule has 0 aliphatic heterocycles. The second-order valence-corrected chi connectivity index (χ2v) is 15.8. The van der Waals surface area contributed by atoms with Crippen LogP contribution in [0.25, 0.3) is 11.1 Å². The number of methoxy groups -OCH3 is 1. The van der Waals surface area contributed by atoms with Crippen molar-refractivity contribution in [1.29, 1.82) is 0 Å². The summed E-state index contributed by atoms with van der Waals surface area (Å²) in [6, 6.07) is 11.0. The van der Waals surface area contributed by atoms with E-state index in [4.69, 9.17) is 13.9 Å². The second kappa shape index (κ2) is 10.1. The molecule has 3 nitrogen and oxygen atoms in total. The smallest absolute Gasteiger partial charge is 0.192 e. The lowest BCUT2D eigenvalue weighted by atomic mass is 9.81. The van der Waals surface area contributed by atoms with Crippen LogP contribution in [0.2, 0.25) is 18.1 Å². The number of hydrogen-bond donors (Lipinski definition) is 0. The molecule has 0 fully saturated rings. The van der Waals surface area contributed by atoms with Crippen molar-refractivity contribution in [3.63, 3.8) is 0 Å². The Morgan fingerprint density at radius 1 is 0.938 bits per heavy atom. The molecule has 0 aromatic heterocycles. The molecule has 2 aromatic carbocycles. The lowest BCUT2D eigenvalue weighted by Crippen LogP contribution is -2.40. The van der Waals surface area contributed by atoms with Crippen molar-refractivity contribution in [2.75, 3.05) is 13.7 Å². The van der Waals surface area contributed by atoms with Gasteiger partial charge in [-0.25, -0.2) is 4.39 Å². The Balaban J connectivity index is 2.60. The molecule has 1 atom stereocenters. The first-order chi connectivity index (χ1) is 14.7. The Labute approximate surface area is 195 Å². The number of benzene rings is 2. The van der Waals surface area contributed by atoms with Gasteiger partial charge >= 0.3 is 0 Å². The van der Waals surface area contributed by atoms with Crippen LogP contribution in [0.5, 0.6) is 5.75 Å². The van der Waals surface area contributed by atoms with E-state index < -0.39 is 8.32 Å². The maximum Gasteiger partial charge on any atom is 0.192 e. The molecule has 0 bridgehead atoms. The third-order valence-corrected chi connectivity index (χ3v) is 10.9. The van der Waals surface area contributed by atoms with Crippen molar-refractivity contribution in [2.24, 2.45) is 5.41 Å². The van der Waals surface area contributed by atoms with Crippen molar-refractivity contribution in [2.45, 2.75) is 79.3 Å². The van der Waals surface area contributed by atoms with Gasteiger partial charge in [-0.3, -0.25) is 0 Å². The van der Waals surface area contributed by atoms with Gasteiger partial charge in [0.05, 0.1) is 19.8 Å². The Morgan fingerprint density at radius 3 is 2.12 bits per heavy atom. The quantitative estimate of drug-likeness (QED) is 0.372. The molecule has 0 heterocycles. The van der Waals surface area contributed by atoms with Gasteiger partial charge in [0.15, 0.2) is 8.32 Å². The predicted molar refractivity (Wildman–Crippen MR) is 134 cm³/mol. The minimum absolute atomic E-state index is 0.138. The molecule has 0 aliphatic carbocycles. The van der Waals surface area contributed by atoms with Gasteiger partial charge in [-0.1, -0.05) is 59.7 Å². The van der Waals surface area contributed by atoms with Gasteiger partial charge in [0.1, 0.15) is 11.6 Å². The molecule has 0 saturated carbocycles. The van der Waals surface area contributed by atoms with Crippen LogP contribution in [-0.2, 0) is 15.8 Å². The third kappa shape index (κ3) is 6.21. The fraction of sp³-hybridized carbons (Fsp3) is 0.556. The highest BCUT2D eigenvalue weighted by Crippen LogP contribution is 2.43. The topological polar surface area (TPSA) is 27.7 Å². The average molecular weight is 461 g/mol. The maximum atomic E-state index is 14.9. The van der Waals surface area contributed by atoms with Crippen LogP contribution >= 0.6 is 0 Å². The first kappa shape index (κ1) is 26.6. The van der Waals surface area contributed by atoms with Gasteiger partial charge in [0, 0.05) is 12.2 Å². The maximum absolute atomic E-state index is 14.9. The van der Waals surface area contributed by atoms with Gasteiger partial charge in [0.2, 0.25) is 0 Å². The van der Waals surface area contributed by atoms with E-state index in [0.717, 1.165) is 16.7 Å².